The molecule has 0 aliphatic carbocycles. The molecule has 0 atom stereocenters. The molecule has 1 rings (SSSR count). The first kappa shape index (κ1) is 19.4. The summed E-state index contributed by atoms with van der Waals surface area (Å²) in [5.41, 5.74) is 1.12. The first-order valence-electron chi connectivity index (χ1n) is 8.54. The molecule has 0 amide bonds. The van der Waals surface area contributed by atoms with E-state index in [1.54, 1.807) is 0 Å². The third-order valence-corrected chi connectivity index (χ3v) is 3.01. The van der Waals surface area contributed by atoms with Crippen LogP contribution in [0, 0.1) is 0 Å². The van der Waals surface area contributed by atoms with Crippen LogP contribution in [0.5, 0.6) is 0 Å². The zero-order chi connectivity index (χ0) is 16.8. The van der Waals surface area contributed by atoms with Crippen LogP contribution in [0.4, 0.5) is 0 Å². The molecule has 4 heteroatoms. The predicted octanol–water partition coefficient (Wildman–Crippen LogP) is 5.00. The average molecular weight is 322 g/mol. The lowest BCUT2D eigenvalue weighted by Gasteiger charge is -2.17. The van der Waals surface area contributed by atoms with E-state index in [0.29, 0.717) is 25.8 Å². The quantitative estimate of drug-likeness (QED) is 0.291. The van der Waals surface area contributed by atoms with E-state index in [1.165, 1.54) is 0 Å². The van der Waals surface area contributed by atoms with Gasteiger partial charge in [-0.1, -0.05) is 51.1 Å². The molecule has 0 saturated carbocycles. The molecule has 1 aromatic rings. The van der Waals surface area contributed by atoms with Crippen LogP contribution >= 0.6 is 0 Å². The Morgan fingerprint density at radius 3 is 2.17 bits per heavy atom. The van der Waals surface area contributed by atoms with Crippen molar-refractivity contribution < 1.29 is 18.9 Å². The zero-order valence-electron chi connectivity index (χ0n) is 14.7. The molecule has 130 valence electrons. The van der Waals surface area contributed by atoms with Gasteiger partial charge in [0.25, 0.3) is 0 Å². The first-order valence-corrected chi connectivity index (χ1v) is 8.54. The fraction of sp³-hybridized carbons (Fsp3) is 0.579. The number of allylic oxidation sites excluding steroid dienone is 1. The lowest BCUT2D eigenvalue weighted by Crippen LogP contribution is -2.09. The van der Waals surface area contributed by atoms with Gasteiger partial charge in [0.15, 0.2) is 12.6 Å². The zero-order valence-corrected chi connectivity index (χ0v) is 14.7. The van der Waals surface area contributed by atoms with Gasteiger partial charge in [-0.05, 0) is 24.8 Å². The average Bonchev–Trinajstić information content (AvgIpc) is 2.59. The summed E-state index contributed by atoms with van der Waals surface area (Å²) in [4.78, 5) is 0. The van der Waals surface area contributed by atoms with E-state index < -0.39 is 0 Å². The molecule has 0 saturated heterocycles. The largest absolute Gasteiger partial charge is 0.491 e. The highest BCUT2D eigenvalue weighted by molar-refractivity contribution is 5.13. The Hall–Kier alpha value is -1.68. The van der Waals surface area contributed by atoms with Crippen molar-refractivity contribution in [1.29, 1.82) is 0 Å². The third kappa shape index (κ3) is 8.50. The molecule has 0 fully saturated rings. The summed E-state index contributed by atoms with van der Waals surface area (Å²) in [7, 11) is 0. The van der Waals surface area contributed by atoms with Crippen LogP contribution in [-0.2, 0) is 25.6 Å². The van der Waals surface area contributed by atoms with Crippen LogP contribution in [-0.4, -0.2) is 20.0 Å². The van der Waals surface area contributed by atoms with Gasteiger partial charge >= 0.3 is 5.95 Å². The van der Waals surface area contributed by atoms with E-state index in [9.17, 15) is 0 Å². The predicted molar refractivity (Wildman–Crippen MR) is 91.6 cm³/mol. The number of rotatable bonds is 13. The van der Waals surface area contributed by atoms with E-state index in [4.69, 9.17) is 18.9 Å². The van der Waals surface area contributed by atoms with Crippen molar-refractivity contribution in [1.82, 2.24) is 0 Å². The van der Waals surface area contributed by atoms with Crippen molar-refractivity contribution in [2.75, 3.05) is 20.0 Å². The van der Waals surface area contributed by atoms with E-state index >= 15 is 0 Å². The summed E-state index contributed by atoms with van der Waals surface area (Å²) in [5.74, 6) is 1.25. The molecule has 1 aromatic carbocycles. The summed E-state index contributed by atoms with van der Waals surface area (Å²) < 4.78 is 22.7. The number of ether oxygens (including phenoxy) is 4. The highest BCUT2D eigenvalue weighted by atomic mass is 16.7. The van der Waals surface area contributed by atoms with E-state index in [0.717, 1.165) is 37.0 Å². The first-order chi connectivity index (χ1) is 11.3. The summed E-state index contributed by atoms with van der Waals surface area (Å²) in [6.45, 7) is 8.20. The maximum Gasteiger partial charge on any atom is 0.321 e. The highest BCUT2D eigenvalue weighted by Crippen LogP contribution is 2.17. The molecule has 0 N–H and O–H groups in total. The Labute approximate surface area is 140 Å². The van der Waals surface area contributed by atoms with Crippen molar-refractivity contribution in [3.63, 3.8) is 0 Å². The standard InChI is InChI=1S/C19H30O4/c1-4-10-18(21-13-5-2)19(22-14-6-3)23-16-20-15-17-11-8-7-9-12-17/h7-9,11-12H,4-6,10,13-16H2,1-3H3. The fourth-order valence-corrected chi connectivity index (χ4v) is 1.91. The second-order valence-electron chi connectivity index (χ2n) is 5.25. The lowest BCUT2D eigenvalue weighted by atomic mass is 10.2. The van der Waals surface area contributed by atoms with Gasteiger partial charge in [0.1, 0.15) is 0 Å². The summed E-state index contributed by atoms with van der Waals surface area (Å²) in [5, 5.41) is 0. The third-order valence-electron chi connectivity index (χ3n) is 3.01. The van der Waals surface area contributed by atoms with Gasteiger partial charge in [-0.15, -0.1) is 0 Å². The Morgan fingerprint density at radius 2 is 1.52 bits per heavy atom. The van der Waals surface area contributed by atoms with Gasteiger partial charge in [-0.3, -0.25) is 0 Å². The second kappa shape index (κ2) is 12.8. The van der Waals surface area contributed by atoms with E-state index in [2.05, 4.69) is 20.8 Å². The molecular formula is C19H30O4. The van der Waals surface area contributed by atoms with Crippen LogP contribution in [0.15, 0.2) is 42.0 Å². The smallest absolute Gasteiger partial charge is 0.321 e. The minimum Gasteiger partial charge on any atom is -0.491 e. The molecule has 0 bridgehead atoms. The normalized spacial score (nSPS) is 11.8. The summed E-state index contributed by atoms with van der Waals surface area (Å²) >= 11 is 0. The molecule has 0 aliphatic rings. The maximum absolute atomic E-state index is 5.78. The lowest BCUT2D eigenvalue weighted by molar-refractivity contribution is -0.0889. The molecule has 23 heavy (non-hydrogen) atoms. The minimum absolute atomic E-state index is 0.149. The monoisotopic (exact) mass is 322 g/mol. The van der Waals surface area contributed by atoms with Crippen LogP contribution < -0.4 is 0 Å². The molecule has 4 nitrogen and oxygen atoms in total. The van der Waals surface area contributed by atoms with Crippen LogP contribution in [0.2, 0.25) is 0 Å². The van der Waals surface area contributed by atoms with Gasteiger partial charge < -0.3 is 18.9 Å². The Morgan fingerprint density at radius 1 is 0.826 bits per heavy atom. The molecule has 0 unspecified atom stereocenters. The van der Waals surface area contributed by atoms with Crippen molar-refractivity contribution in [3.05, 3.63) is 47.6 Å². The Kier molecular flexibility index (Phi) is 10.8. The van der Waals surface area contributed by atoms with Crippen molar-refractivity contribution >= 4 is 0 Å². The number of hydrogen-bond acceptors (Lipinski definition) is 4. The molecule has 0 aliphatic heterocycles. The van der Waals surface area contributed by atoms with Gasteiger partial charge in [0.05, 0.1) is 19.8 Å². The molecule has 0 heterocycles. The molecule has 0 aromatic heterocycles. The second-order valence-corrected chi connectivity index (χ2v) is 5.25. The van der Waals surface area contributed by atoms with Crippen LogP contribution in [0.25, 0.3) is 0 Å². The van der Waals surface area contributed by atoms with Gasteiger partial charge in [0, 0.05) is 6.42 Å². The Balaban J connectivity index is 2.53. The molecular weight excluding hydrogens is 292 g/mol. The van der Waals surface area contributed by atoms with Crippen LogP contribution in [0.3, 0.4) is 0 Å². The molecule has 0 radical (unpaired) electrons. The van der Waals surface area contributed by atoms with Crippen LogP contribution in [0.1, 0.15) is 52.0 Å². The highest BCUT2D eigenvalue weighted by Gasteiger charge is 2.11. The van der Waals surface area contributed by atoms with Gasteiger partial charge in [-0.25, -0.2) is 0 Å². The number of hydrogen-bond donors (Lipinski definition) is 0. The topological polar surface area (TPSA) is 36.9 Å². The minimum atomic E-state index is 0.149. The molecule has 0 spiro atoms. The summed E-state index contributed by atoms with van der Waals surface area (Å²) in [6, 6.07) is 10.0. The van der Waals surface area contributed by atoms with E-state index in [-0.39, 0.29) is 6.79 Å². The van der Waals surface area contributed by atoms with Crippen molar-refractivity contribution in [2.45, 2.75) is 53.1 Å². The SMILES string of the molecule is CCCOC(CCC)=C(OCCC)OCOCc1ccccc1. The maximum atomic E-state index is 5.78. The van der Waals surface area contributed by atoms with Crippen molar-refractivity contribution in [2.24, 2.45) is 0 Å². The van der Waals surface area contributed by atoms with Gasteiger partial charge in [0.2, 0.25) is 0 Å². The number of benzene rings is 1. The van der Waals surface area contributed by atoms with Gasteiger partial charge in [-0.2, -0.15) is 0 Å². The fourth-order valence-electron chi connectivity index (χ4n) is 1.91. The van der Waals surface area contributed by atoms with Crippen molar-refractivity contribution in [3.8, 4) is 0 Å². The van der Waals surface area contributed by atoms with E-state index in [1.807, 2.05) is 30.3 Å². The summed E-state index contributed by atoms with van der Waals surface area (Å²) in [6.07, 6.45) is 3.66. The Bertz CT molecular complexity index is 428.